The van der Waals surface area contributed by atoms with Crippen LogP contribution in [0.3, 0.4) is 0 Å². The number of hydrogen-bond donors (Lipinski definition) is 0. The van der Waals surface area contributed by atoms with Crippen molar-refractivity contribution in [1.29, 1.82) is 5.26 Å². The van der Waals surface area contributed by atoms with E-state index in [2.05, 4.69) is 4.98 Å². The molecule has 1 heterocycles. The van der Waals surface area contributed by atoms with E-state index in [1.807, 2.05) is 24.3 Å². The number of nitrogens with zero attached hydrogens (tertiary/aromatic N) is 2. The first-order valence-electron chi connectivity index (χ1n) is 8.42. The number of benzene rings is 2. The van der Waals surface area contributed by atoms with E-state index in [0.29, 0.717) is 16.5 Å². The van der Waals surface area contributed by atoms with Gasteiger partial charge in [0.05, 0.1) is 6.07 Å². The standard InChI is InChI=1S/C21H16N2O4S/c1-14-13-28-20(23-14)17(11-22)18(24)12-26-21(25)16-9-5-6-10-19(16)27-15-7-3-2-4-8-15/h2-10,13,17H,12H2,1H3/t17-/m0/s1. The summed E-state index contributed by atoms with van der Waals surface area (Å²) in [5, 5.41) is 11.4. The van der Waals surface area contributed by atoms with Gasteiger partial charge in [0.1, 0.15) is 22.1 Å². The minimum Gasteiger partial charge on any atom is -0.456 e. The first-order chi connectivity index (χ1) is 13.6. The molecule has 7 heteroatoms. The highest BCUT2D eigenvalue weighted by molar-refractivity contribution is 7.09. The zero-order chi connectivity index (χ0) is 19.9. The van der Waals surface area contributed by atoms with Crippen molar-refractivity contribution in [3.05, 3.63) is 76.2 Å². The quantitative estimate of drug-likeness (QED) is 0.558. The molecule has 1 atom stereocenters. The molecule has 0 N–H and O–H groups in total. The summed E-state index contributed by atoms with van der Waals surface area (Å²) in [6.07, 6.45) is 0. The average molecular weight is 392 g/mol. The van der Waals surface area contributed by atoms with Crippen molar-refractivity contribution in [1.82, 2.24) is 4.98 Å². The van der Waals surface area contributed by atoms with Crippen molar-refractivity contribution in [2.45, 2.75) is 12.8 Å². The molecule has 0 bridgehead atoms. The Labute approximate surface area is 166 Å². The fourth-order valence-electron chi connectivity index (χ4n) is 2.41. The molecule has 0 saturated heterocycles. The number of hydrogen-bond acceptors (Lipinski definition) is 7. The summed E-state index contributed by atoms with van der Waals surface area (Å²) in [6, 6.07) is 17.5. The molecule has 0 radical (unpaired) electrons. The molecule has 0 spiro atoms. The lowest BCUT2D eigenvalue weighted by Gasteiger charge is -2.11. The first-order valence-corrected chi connectivity index (χ1v) is 9.30. The van der Waals surface area contributed by atoms with Crippen LogP contribution < -0.4 is 4.74 Å². The highest BCUT2D eigenvalue weighted by atomic mass is 32.1. The molecule has 0 aliphatic carbocycles. The minimum atomic E-state index is -1.05. The topological polar surface area (TPSA) is 89.3 Å². The lowest BCUT2D eigenvalue weighted by Crippen LogP contribution is -2.20. The summed E-state index contributed by atoms with van der Waals surface area (Å²) >= 11 is 1.23. The monoisotopic (exact) mass is 392 g/mol. The summed E-state index contributed by atoms with van der Waals surface area (Å²) in [5.41, 5.74) is 0.926. The van der Waals surface area contributed by atoms with Gasteiger partial charge in [0.15, 0.2) is 18.3 Å². The summed E-state index contributed by atoms with van der Waals surface area (Å²) in [6.45, 7) is 1.26. The van der Waals surface area contributed by atoms with Crippen LogP contribution in [0.4, 0.5) is 0 Å². The second-order valence-corrected chi connectivity index (χ2v) is 6.73. The van der Waals surface area contributed by atoms with E-state index in [1.54, 1.807) is 48.7 Å². The number of rotatable bonds is 7. The summed E-state index contributed by atoms with van der Waals surface area (Å²) < 4.78 is 10.9. The summed E-state index contributed by atoms with van der Waals surface area (Å²) in [4.78, 5) is 29.0. The molecule has 2 aromatic carbocycles. The molecular formula is C21H16N2O4S. The molecule has 0 aliphatic rings. The van der Waals surface area contributed by atoms with Crippen LogP contribution in [0.5, 0.6) is 11.5 Å². The van der Waals surface area contributed by atoms with Crippen LogP contribution in [0, 0.1) is 18.3 Å². The fraction of sp³-hybridized carbons (Fsp3) is 0.143. The van der Waals surface area contributed by atoms with E-state index in [1.165, 1.54) is 11.3 Å². The van der Waals surface area contributed by atoms with E-state index in [-0.39, 0.29) is 5.56 Å². The van der Waals surface area contributed by atoms with Gasteiger partial charge in [0.25, 0.3) is 0 Å². The van der Waals surface area contributed by atoms with Crippen molar-refractivity contribution in [3.8, 4) is 17.6 Å². The second kappa shape index (κ2) is 8.93. The Bertz CT molecular complexity index is 1020. The van der Waals surface area contributed by atoms with Crippen LogP contribution in [0.2, 0.25) is 0 Å². The van der Waals surface area contributed by atoms with Gasteiger partial charge >= 0.3 is 5.97 Å². The summed E-state index contributed by atoms with van der Waals surface area (Å²) in [5.74, 6) is -1.39. The van der Waals surface area contributed by atoms with E-state index in [9.17, 15) is 14.9 Å². The average Bonchev–Trinajstić information content (AvgIpc) is 3.14. The number of ether oxygens (including phenoxy) is 2. The molecular weight excluding hydrogens is 376 g/mol. The van der Waals surface area contributed by atoms with Crippen LogP contribution >= 0.6 is 11.3 Å². The number of ketones is 1. The van der Waals surface area contributed by atoms with Crippen LogP contribution in [0.1, 0.15) is 27.0 Å². The SMILES string of the molecule is Cc1csc([C@@H](C#N)C(=O)COC(=O)c2ccccc2Oc2ccccc2)n1. The maximum Gasteiger partial charge on any atom is 0.342 e. The van der Waals surface area contributed by atoms with Crippen LogP contribution in [-0.2, 0) is 9.53 Å². The number of nitriles is 1. The fourth-order valence-corrected chi connectivity index (χ4v) is 3.27. The molecule has 3 rings (SSSR count). The number of aryl methyl sites for hydroxylation is 1. The van der Waals surface area contributed by atoms with Gasteiger partial charge in [-0.25, -0.2) is 9.78 Å². The second-order valence-electron chi connectivity index (χ2n) is 5.84. The van der Waals surface area contributed by atoms with Crippen LogP contribution in [0.25, 0.3) is 0 Å². The van der Waals surface area contributed by atoms with Gasteiger partial charge in [-0.3, -0.25) is 4.79 Å². The smallest absolute Gasteiger partial charge is 0.342 e. The third-order valence-corrected chi connectivity index (χ3v) is 4.79. The summed E-state index contributed by atoms with van der Waals surface area (Å²) in [7, 11) is 0. The predicted octanol–water partition coefficient (Wildman–Crippen LogP) is 4.28. The zero-order valence-corrected chi connectivity index (χ0v) is 15.8. The van der Waals surface area contributed by atoms with Crippen molar-refractivity contribution < 1.29 is 19.1 Å². The first kappa shape index (κ1) is 19.3. The predicted molar refractivity (Wildman–Crippen MR) is 103 cm³/mol. The highest BCUT2D eigenvalue weighted by Gasteiger charge is 2.25. The van der Waals surface area contributed by atoms with Crippen molar-refractivity contribution in [2.75, 3.05) is 6.61 Å². The van der Waals surface area contributed by atoms with Gasteiger partial charge in [-0.2, -0.15) is 5.26 Å². The van der Waals surface area contributed by atoms with E-state index < -0.39 is 24.3 Å². The number of carbonyl (C=O) groups excluding carboxylic acids is 2. The van der Waals surface area contributed by atoms with Gasteiger partial charge in [-0.1, -0.05) is 30.3 Å². The van der Waals surface area contributed by atoms with Gasteiger partial charge in [-0.05, 0) is 31.2 Å². The highest BCUT2D eigenvalue weighted by Crippen LogP contribution is 2.26. The lowest BCUT2D eigenvalue weighted by atomic mass is 10.1. The molecule has 0 aliphatic heterocycles. The molecule has 28 heavy (non-hydrogen) atoms. The van der Waals surface area contributed by atoms with Crippen molar-refractivity contribution >= 4 is 23.1 Å². The Morgan fingerprint density at radius 2 is 1.86 bits per heavy atom. The van der Waals surface area contributed by atoms with Crippen molar-refractivity contribution in [3.63, 3.8) is 0 Å². The van der Waals surface area contributed by atoms with E-state index >= 15 is 0 Å². The third kappa shape index (κ3) is 4.61. The van der Waals surface area contributed by atoms with Gasteiger partial charge in [0, 0.05) is 11.1 Å². The Morgan fingerprint density at radius 1 is 1.14 bits per heavy atom. The number of Topliss-reactive ketones (excluding diaryl/α,β-unsaturated/α-hetero) is 1. The molecule has 0 unspecified atom stereocenters. The largest absolute Gasteiger partial charge is 0.456 e. The maximum atomic E-state index is 12.5. The number of carbonyl (C=O) groups is 2. The number of aromatic nitrogens is 1. The lowest BCUT2D eigenvalue weighted by molar-refractivity contribution is -0.122. The molecule has 1 aromatic heterocycles. The number of thiazole rings is 1. The zero-order valence-electron chi connectivity index (χ0n) is 15.0. The molecule has 0 saturated carbocycles. The third-order valence-electron chi connectivity index (χ3n) is 3.76. The maximum absolute atomic E-state index is 12.5. The number of para-hydroxylation sites is 2. The van der Waals surface area contributed by atoms with Crippen LogP contribution in [-0.4, -0.2) is 23.3 Å². The Hall–Kier alpha value is -3.50. The Morgan fingerprint density at radius 3 is 2.54 bits per heavy atom. The molecule has 140 valence electrons. The van der Waals surface area contributed by atoms with Crippen molar-refractivity contribution in [2.24, 2.45) is 0 Å². The van der Waals surface area contributed by atoms with E-state index in [4.69, 9.17) is 9.47 Å². The number of esters is 1. The van der Waals surface area contributed by atoms with Gasteiger partial charge in [-0.15, -0.1) is 11.3 Å². The minimum absolute atomic E-state index is 0.192. The van der Waals surface area contributed by atoms with Gasteiger partial charge in [0.2, 0.25) is 0 Å². The molecule has 0 fully saturated rings. The molecule has 3 aromatic rings. The molecule has 6 nitrogen and oxygen atoms in total. The van der Waals surface area contributed by atoms with Gasteiger partial charge < -0.3 is 9.47 Å². The van der Waals surface area contributed by atoms with Crippen LogP contribution in [0.15, 0.2) is 60.0 Å². The Balaban J connectivity index is 1.68. The van der Waals surface area contributed by atoms with E-state index in [0.717, 1.165) is 5.69 Å². The Kier molecular flexibility index (Phi) is 6.14. The normalized spacial score (nSPS) is 11.3. The molecule has 0 amide bonds.